The number of rotatable bonds is 10. The molecule has 3 amide bonds. The molecule has 0 radical (unpaired) electrons. The Kier molecular flexibility index (Phi) is 7.19. The molecule has 8 nitrogen and oxygen atoms in total. The number of aliphatic hydroxyl groups is 1. The second-order valence-electron chi connectivity index (χ2n) is 9.06. The summed E-state index contributed by atoms with van der Waals surface area (Å²) in [5.74, 6) is -0.535. The number of nitrogens with zero attached hydrogens (tertiary/aromatic N) is 1. The van der Waals surface area contributed by atoms with Crippen molar-refractivity contribution in [1.82, 2.24) is 10.2 Å². The molecule has 2 unspecified atom stereocenters. The number of amides is 3. The lowest BCUT2D eigenvalue weighted by Gasteiger charge is -2.34. The molecule has 3 N–H and O–H groups in total. The SMILES string of the molecule is CNC(=O)[C@@H]1[C@H]2C(=O)N(CCCCCCO)C(C(=O)Nc3ccc(OC)cc3)C23CC[C@H]1S3. The van der Waals surface area contributed by atoms with E-state index in [1.807, 2.05) is 0 Å². The molecule has 0 aromatic heterocycles. The van der Waals surface area contributed by atoms with E-state index in [0.29, 0.717) is 18.0 Å². The predicted octanol–water partition coefficient (Wildman–Crippen LogP) is 2.02. The second kappa shape index (κ2) is 9.93. The van der Waals surface area contributed by atoms with Gasteiger partial charge in [0.1, 0.15) is 11.8 Å². The van der Waals surface area contributed by atoms with Crippen LogP contribution in [0.15, 0.2) is 24.3 Å². The first-order valence-electron chi connectivity index (χ1n) is 11.7. The standard InChI is InChI=1S/C24H33N3O5S/c1-25-21(29)18-17-11-12-24(33-17)19(18)23(31)27(13-5-3-4-6-14-28)20(24)22(30)26-15-7-9-16(32-2)10-8-15/h7-10,17-20,28H,3-6,11-14H2,1-2H3,(H,25,29)(H,26,30)/t17-,18+,19+,20?,24?/m1/s1. The second-order valence-corrected chi connectivity index (χ2v) is 10.7. The molecule has 3 aliphatic heterocycles. The number of aliphatic hydroxyl groups excluding tert-OH is 1. The number of carbonyl (C=O) groups is 3. The average molecular weight is 476 g/mol. The number of thioether (sulfide) groups is 1. The van der Waals surface area contributed by atoms with Crippen LogP contribution in [0.2, 0.25) is 0 Å². The Bertz CT molecular complexity index is 895. The molecule has 5 atom stereocenters. The lowest BCUT2D eigenvalue weighted by Crippen LogP contribution is -2.51. The molecule has 180 valence electrons. The highest BCUT2D eigenvalue weighted by molar-refractivity contribution is 8.02. The molecular formula is C24H33N3O5S. The summed E-state index contributed by atoms with van der Waals surface area (Å²) >= 11 is 1.67. The number of benzene rings is 1. The summed E-state index contributed by atoms with van der Waals surface area (Å²) in [5.41, 5.74) is 0.649. The van der Waals surface area contributed by atoms with E-state index < -0.39 is 22.6 Å². The fraction of sp³-hybridized carbons (Fsp3) is 0.625. The Hall–Kier alpha value is -2.26. The molecule has 9 heteroatoms. The summed E-state index contributed by atoms with van der Waals surface area (Å²) in [7, 11) is 3.20. The van der Waals surface area contributed by atoms with Gasteiger partial charge in [0.05, 0.1) is 23.7 Å². The Morgan fingerprint density at radius 2 is 1.91 bits per heavy atom. The van der Waals surface area contributed by atoms with Crippen molar-refractivity contribution in [2.24, 2.45) is 11.8 Å². The van der Waals surface area contributed by atoms with Crippen LogP contribution in [0.5, 0.6) is 5.75 Å². The largest absolute Gasteiger partial charge is 0.497 e. The first-order chi connectivity index (χ1) is 16.0. The van der Waals surface area contributed by atoms with Crippen molar-refractivity contribution in [2.45, 2.75) is 54.6 Å². The fourth-order valence-electron chi connectivity index (χ4n) is 5.79. The Balaban J connectivity index is 1.59. The number of likely N-dealkylation sites (tertiary alicyclic amines) is 1. The van der Waals surface area contributed by atoms with Crippen LogP contribution >= 0.6 is 11.8 Å². The lowest BCUT2D eigenvalue weighted by molar-refractivity contribution is -0.139. The van der Waals surface area contributed by atoms with Crippen LogP contribution in [0.1, 0.15) is 38.5 Å². The first-order valence-corrected chi connectivity index (χ1v) is 12.6. The Labute approximate surface area is 198 Å². The zero-order valence-corrected chi connectivity index (χ0v) is 20.0. The quantitative estimate of drug-likeness (QED) is 0.447. The summed E-state index contributed by atoms with van der Waals surface area (Å²) < 4.78 is 4.63. The molecule has 33 heavy (non-hydrogen) atoms. The van der Waals surface area contributed by atoms with Crippen molar-refractivity contribution in [1.29, 1.82) is 0 Å². The molecule has 0 saturated carbocycles. The van der Waals surface area contributed by atoms with Crippen LogP contribution < -0.4 is 15.4 Å². The highest BCUT2D eigenvalue weighted by Crippen LogP contribution is 2.66. The van der Waals surface area contributed by atoms with Gasteiger partial charge in [0.2, 0.25) is 17.7 Å². The number of nitrogens with one attached hydrogen (secondary N) is 2. The topological polar surface area (TPSA) is 108 Å². The van der Waals surface area contributed by atoms with Gasteiger partial charge < -0.3 is 25.4 Å². The number of methoxy groups -OCH3 is 1. The summed E-state index contributed by atoms with van der Waals surface area (Å²) in [5, 5.41) is 14.8. The number of ether oxygens (including phenoxy) is 1. The Morgan fingerprint density at radius 1 is 1.18 bits per heavy atom. The minimum Gasteiger partial charge on any atom is -0.497 e. The van der Waals surface area contributed by atoms with Crippen LogP contribution in [-0.2, 0) is 14.4 Å². The molecule has 0 aliphatic carbocycles. The van der Waals surface area contributed by atoms with E-state index in [2.05, 4.69) is 10.6 Å². The maximum absolute atomic E-state index is 13.7. The average Bonchev–Trinajstić information content (AvgIpc) is 3.46. The van der Waals surface area contributed by atoms with Crippen molar-refractivity contribution < 1.29 is 24.2 Å². The third-order valence-electron chi connectivity index (χ3n) is 7.26. The van der Waals surface area contributed by atoms with Gasteiger partial charge in [0.15, 0.2) is 0 Å². The monoisotopic (exact) mass is 475 g/mol. The number of carbonyl (C=O) groups excluding carboxylic acids is 3. The van der Waals surface area contributed by atoms with Gasteiger partial charge in [-0.05, 0) is 49.9 Å². The van der Waals surface area contributed by atoms with Crippen LogP contribution in [0.4, 0.5) is 5.69 Å². The van der Waals surface area contributed by atoms with Crippen LogP contribution in [0, 0.1) is 11.8 Å². The molecule has 2 bridgehead atoms. The van der Waals surface area contributed by atoms with Gasteiger partial charge in [-0.1, -0.05) is 12.8 Å². The highest BCUT2D eigenvalue weighted by atomic mass is 32.2. The molecule has 4 rings (SSSR count). The molecule has 1 spiro atoms. The van der Waals surface area contributed by atoms with Gasteiger partial charge in [-0.15, -0.1) is 11.8 Å². The summed E-state index contributed by atoms with van der Waals surface area (Å²) in [6.45, 7) is 0.640. The van der Waals surface area contributed by atoms with Gasteiger partial charge in [-0.3, -0.25) is 14.4 Å². The smallest absolute Gasteiger partial charge is 0.248 e. The third-order valence-corrected chi connectivity index (χ3v) is 9.21. The van der Waals surface area contributed by atoms with Crippen LogP contribution in [-0.4, -0.2) is 71.1 Å². The molecule has 3 saturated heterocycles. The minimum atomic E-state index is -0.611. The number of hydrogen-bond acceptors (Lipinski definition) is 6. The van der Waals surface area contributed by atoms with E-state index >= 15 is 0 Å². The van der Waals surface area contributed by atoms with Crippen molar-refractivity contribution >= 4 is 35.2 Å². The fourth-order valence-corrected chi connectivity index (χ4v) is 8.01. The predicted molar refractivity (Wildman–Crippen MR) is 127 cm³/mol. The maximum Gasteiger partial charge on any atom is 0.248 e. The van der Waals surface area contributed by atoms with Crippen molar-refractivity contribution in [2.75, 3.05) is 32.6 Å². The van der Waals surface area contributed by atoms with Gasteiger partial charge >= 0.3 is 0 Å². The van der Waals surface area contributed by atoms with E-state index in [1.165, 1.54) is 0 Å². The van der Waals surface area contributed by atoms with Crippen molar-refractivity contribution in [3.8, 4) is 5.75 Å². The zero-order valence-electron chi connectivity index (χ0n) is 19.2. The lowest BCUT2D eigenvalue weighted by atomic mass is 9.71. The maximum atomic E-state index is 13.7. The summed E-state index contributed by atoms with van der Waals surface area (Å²) in [4.78, 5) is 41.8. The van der Waals surface area contributed by atoms with Crippen molar-refractivity contribution in [3.63, 3.8) is 0 Å². The minimum absolute atomic E-state index is 0.0712. The van der Waals surface area contributed by atoms with Crippen molar-refractivity contribution in [3.05, 3.63) is 24.3 Å². The van der Waals surface area contributed by atoms with Crippen LogP contribution in [0.25, 0.3) is 0 Å². The van der Waals surface area contributed by atoms with Gasteiger partial charge in [0, 0.05) is 31.1 Å². The number of hydrogen-bond donors (Lipinski definition) is 3. The normalized spacial score (nSPS) is 29.8. The Morgan fingerprint density at radius 3 is 2.58 bits per heavy atom. The molecule has 3 aliphatic rings. The molecule has 3 heterocycles. The third kappa shape index (κ3) is 4.21. The number of anilines is 1. The van der Waals surface area contributed by atoms with Crippen LogP contribution in [0.3, 0.4) is 0 Å². The van der Waals surface area contributed by atoms with Gasteiger partial charge in [0.25, 0.3) is 0 Å². The summed E-state index contributed by atoms with van der Waals surface area (Å²) in [6, 6.07) is 6.53. The number of fused-ring (bicyclic) bond motifs is 1. The first kappa shape index (κ1) is 23.9. The van der Waals surface area contributed by atoms with E-state index in [9.17, 15) is 14.4 Å². The molecule has 3 fully saturated rings. The van der Waals surface area contributed by atoms with E-state index in [0.717, 1.165) is 38.5 Å². The zero-order chi connectivity index (χ0) is 23.6. The van der Waals surface area contributed by atoms with Gasteiger partial charge in [-0.2, -0.15) is 0 Å². The molecule has 1 aromatic carbocycles. The summed E-state index contributed by atoms with van der Waals surface area (Å²) in [6.07, 6.45) is 4.85. The highest BCUT2D eigenvalue weighted by Gasteiger charge is 2.73. The molecule has 1 aromatic rings. The molecular weight excluding hydrogens is 442 g/mol. The van der Waals surface area contributed by atoms with E-state index in [1.54, 1.807) is 55.1 Å². The van der Waals surface area contributed by atoms with Gasteiger partial charge in [-0.25, -0.2) is 0 Å². The van der Waals surface area contributed by atoms with E-state index in [4.69, 9.17) is 9.84 Å². The number of unbranched alkanes of at least 4 members (excludes halogenated alkanes) is 3. The van der Waals surface area contributed by atoms with E-state index in [-0.39, 0.29) is 29.6 Å².